The molecule has 0 saturated heterocycles. The average molecular weight is 282 g/mol. The Morgan fingerprint density at radius 1 is 1.20 bits per heavy atom. The molecule has 2 N–H and O–H groups in total. The van der Waals surface area contributed by atoms with Crippen LogP contribution in [0.5, 0.6) is 11.5 Å². The summed E-state index contributed by atoms with van der Waals surface area (Å²) in [5, 5.41) is 18.6. The van der Waals surface area contributed by atoms with Gasteiger partial charge < -0.3 is 19.7 Å². The molecule has 1 rings (SSSR count). The molecule has 0 aliphatic rings. The van der Waals surface area contributed by atoms with E-state index in [4.69, 9.17) is 14.6 Å². The molecule has 0 aliphatic carbocycles. The van der Waals surface area contributed by atoms with Crippen LogP contribution in [0, 0.1) is 0 Å². The van der Waals surface area contributed by atoms with Gasteiger partial charge in [-0.25, -0.2) is 0 Å². The molecule has 0 saturated carbocycles. The number of rotatable bonds is 9. The van der Waals surface area contributed by atoms with E-state index in [1.807, 2.05) is 18.2 Å². The third-order valence-corrected chi connectivity index (χ3v) is 3.38. The van der Waals surface area contributed by atoms with E-state index in [2.05, 4.69) is 13.8 Å². The van der Waals surface area contributed by atoms with Crippen LogP contribution in [0.4, 0.5) is 0 Å². The molecule has 114 valence electrons. The second-order valence-electron chi connectivity index (χ2n) is 4.94. The highest BCUT2D eigenvalue weighted by Gasteiger charge is 2.16. The fourth-order valence-electron chi connectivity index (χ4n) is 2.21. The molecule has 2 unspecified atom stereocenters. The summed E-state index contributed by atoms with van der Waals surface area (Å²) in [7, 11) is 1.63. The van der Waals surface area contributed by atoms with Crippen LogP contribution in [0.2, 0.25) is 0 Å². The highest BCUT2D eigenvalue weighted by molar-refractivity contribution is 5.44. The average Bonchev–Trinajstić information content (AvgIpc) is 2.50. The van der Waals surface area contributed by atoms with Crippen molar-refractivity contribution >= 4 is 0 Å². The maximum atomic E-state index is 9.61. The van der Waals surface area contributed by atoms with Crippen molar-refractivity contribution in [3.63, 3.8) is 0 Å². The molecule has 1 aromatic carbocycles. The first-order valence-electron chi connectivity index (χ1n) is 7.25. The molecule has 0 spiro atoms. The van der Waals surface area contributed by atoms with Crippen molar-refractivity contribution in [1.82, 2.24) is 0 Å². The summed E-state index contributed by atoms with van der Waals surface area (Å²) in [4.78, 5) is 0. The van der Waals surface area contributed by atoms with Gasteiger partial charge in [-0.1, -0.05) is 19.9 Å². The number of aliphatic hydroxyl groups is 2. The van der Waals surface area contributed by atoms with E-state index in [0.29, 0.717) is 18.8 Å². The molecule has 0 amide bonds. The second-order valence-corrected chi connectivity index (χ2v) is 4.94. The van der Waals surface area contributed by atoms with E-state index in [0.717, 1.165) is 24.2 Å². The molecule has 4 nitrogen and oxygen atoms in total. The molecule has 4 heteroatoms. The summed E-state index contributed by atoms with van der Waals surface area (Å²) < 4.78 is 11.0. The topological polar surface area (TPSA) is 58.9 Å². The Kier molecular flexibility index (Phi) is 7.41. The van der Waals surface area contributed by atoms with Crippen molar-refractivity contribution in [2.75, 3.05) is 20.3 Å². The number of benzene rings is 1. The van der Waals surface area contributed by atoms with Crippen molar-refractivity contribution < 1.29 is 19.7 Å². The monoisotopic (exact) mass is 282 g/mol. The van der Waals surface area contributed by atoms with E-state index < -0.39 is 6.10 Å². The van der Waals surface area contributed by atoms with Gasteiger partial charge >= 0.3 is 0 Å². The van der Waals surface area contributed by atoms with E-state index >= 15 is 0 Å². The molecule has 1 aromatic rings. The predicted octanol–water partition coefficient (Wildman–Crippen LogP) is 2.72. The van der Waals surface area contributed by atoms with Crippen molar-refractivity contribution in [2.24, 2.45) is 0 Å². The maximum absolute atomic E-state index is 9.61. The van der Waals surface area contributed by atoms with Gasteiger partial charge in [0.15, 0.2) is 11.5 Å². The first-order chi connectivity index (χ1) is 9.65. The molecule has 2 atom stereocenters. The molecule has 20 heavy (non-hydrogen) atoms. The van der Waals surface area contributed by atoms with Gasteiger partial charge in [0.25, 0.3) is 0 Å². The lowest BCUT2D eigenvalue weighted by Gasteiger charge is -2.20. The van der Waals surface area contributed by atoms with Crippen LogP contribution in [-0.4, -0.2) is 36.6 Å². The summed E-state index contributed by atoms with van der Waals surface area (Å²) in [6.45, 7) is 4.59. The SMILES string of the molecule is CCCOc1ccc(C(CC)CC(O)CO)cc1OC. The van der Waals surface area contributed by atoms with Gasteiger partial charge in [-0.15, -0.1) is 0 Å². The maximum Gasteiger partial charge on any atom is 0.161 e. The van der Waals surface area contributed by atoms with E-state index in [-0.39, 0.29) is 12.5 Å². The molecule has 0 radical (unpaired) electrons. The second kappa shape index (κ2) is 8.82. The van der Waals surface area contributed by atoms with Crippen molar-refractivity contribution in [2.45, 2.75) is 45.1 Å². The fourth-order valence-corrected chi connectivity index (χ4v) is 2.21. The van der Waals surface area contributed by atoms with Crippen LogP contribution in [0.25, 0.3) is 0 Å². The zero-order valence-electron chi connectivity index (χ0n) is 12.6. The number of hydrogen-bond donors (Lipinski definition) is 2. The highest BCUT2D eigenvalue weighted by Crippen LogP contribution is 2.33. The smallest absolute Gasteiger partial charge is 0.161 e. The third kappa shape index (κ3) is 4.69. The highest BCUT2D eigenvalue weighted by atomic mass is 16.5. The Morgan fingerprint density at radius 2 is 1.95 bits per heavy atom. The largest absolute Gasteiger partial charge is 0.493 e. The lowest BCUT2D eigenvalue weighted by molar-refractivity contribution is 0.0817. The van der Waals surface area contributed by atoms with E-state index in [1.165, 1.54) is 0 Å². The van der Waals surface area contributed by atoms with Gasteiger partial charge in [-0.2, -0.15) is 0 Å². The summed E-state index contributed by atoms with van der Waals surface area (Å²) in [5.74, 6) is 1.66. The lowest BCUT2D eigenvalue weighted by atomic mass is 9.90. The van der Waals surface area contributed by atoms with E-state index in [1.54, 1.807) is 7.11 Å². The van der Waals surface area contributed by atoms with Gasteiger partial charge in [0.1, 0.15) is 0 Å². The zero-order chi connectivity index (χ0) is 15.0. The summed E-state index contributed by atoms with van der Waals surface area (Å²) in [6, 6.07) is 5.88. The summed E-state index contributed by atoms with van der Waals surface area (Å²) >= 11 is 0. The van der Waals surface area contributed by atoms with Gasteiger partial charge in [0, 0.05) is 0 Å². The Bertz CT molecular complexity index is 392. The standard InChI is InChI=1S/C16H26O4/c1-4-8-20-15-7-6-13(10-16(15)19-3)12(5-2)9-14(18)11-17/h6-7,10,12,14,17-18H,4-5,8-9,11H2,1-3H3. The molecule has 0 fully saturated rings. The van der Waals surface area contributed by atoms with Crippen molar-refractivity contribution in [1.29, 1.82) is 0 Å². The summed E-state index contributed by atoms with van der Waals surface area (Å²) in [6.07, 6.45) is 1.72. The molecule has 0 aromatic heterocycles. The fraction of sp³-hybridized carbons (Fsp3) is 0.625. The minimum absolute atomic E-state index is 0.200. The van der Waals surface area contributed by atoms with Gasteiger partial charge in [-0.05, 0) is 42.9 Å². The van der Waals surface area contributed by atoms with Crippen molar-refractivity contribution in [3.8, 4) is 11.5 Å². The third-order valence-electron chi connectivity index (χ3n) is 3.38. The minimum atomic E-state index is -0.679. The van der Waals surface area contributed by atoms with Crippen LogP contribution in [0.15, 0.2) is 18.2 Å². The minimum Gasteiger partial charge on any atom is -0.493 e. The van der Waals surface area contributed by atoms with Crippen LogP contribution in [0.1, 0.15) is 44.6 Å². The molecule has 0 aliphatic heterocycles. The Hall–Kier alpha value is -1.26. The molecular formula is C16H26O4. The molecule has 0 heterocycles. The van der Waals surface area contributed by atoms with Crippen LogP contribution >= 0.6 is 0 Å². The van der Waals surface area contributed by atoms with E-state index in [9.17, 15) is 5.11 Å². The zero-order valence-corrected chi connectivity index (χ0v) is 12.6. The normalized spacial score (nSPS) is 13.8. The first kappa shape index (κ1) is 16.8. The van der Waals surface area contributed by atoms with Crippen LogP contribution in [0.3, 0.4) is 0 Å². The van der Waals surface area contributed by atoms with Gasteiger partial charge in [0.05, 0.1) is 26.4 Å². The van der Waals surface area contributed by atoms with Gasteiger partial charge in [0.2, 0.25) is 0 Å². The molecule has 0 bridgehead atoms. The number of methoxy groups -OCH3 is 1. The number of ether oxygens (including phenoxy) is 2. The lowest BCUT2D eigenvalue weighted by Crippen LogP contribution is -2.16. The van der Waals surface area contributed by atoms with Crippen molar-refractivity contribution in [3.05, 3.63) is 23.8 Å². The first-order valence-corrected chi connectivity index (χ1v) is 7.25. The summed E-state index contributed by atoms with van der Waals surface area (Å²) in [5.41, 5.74) is 1.10. The predicted molar refractivity (Wildman–Crippen MR) is 79.5 cm³/mol. The Morgan fingerprint density at radius 3 is 2.50 bits per heavy atom. The molecular weight excluding hydrogens is 256 g/mol. The number of hydrogen-bond acceptors (Lipinski definition) is 4. The quantitative estimate of drug-likeness (QED) is 0.731. The Balaban J connectivity index is 2.88. The van der Waals surface area contributed by atoms with Crippen LogP contribution < -0.4 is 9.47 Å². The number of aliphatic hydroxyl groups excluding tert-OH is 2. The van der Waals surface area contributed by atoms with Crippen LogP contribution in [-0.2, 0) is 0 Å². The Labute approximate surface area is 121 Å². The van der Waals surface area contributed by atoms with Gasteiger partial charge in [-0.3, -0.25) is 0 Å².